The molecule has 0 radical (unpaired) electrons. The number of rotatable bonds is 5. The van der Waals surface area contributed by atoms with E-state index in [4.69, 9.17) is 11.6 Å². The zero-order valence-corrected chi connectivity index (χ0v) is 11.1. The lowest BCUT2D eigenvalue weighted by atomic mass is 9.99. The summed E-state index contributed by atoms with van der Waals surface area (Å²) in [4.78, 5) is 5.24. The van der Waals surface area contributed by atoms with Crippen molar-refractivity contribution in [1.29, 1.82) is 0 Å². The first-order valence-electron chi connectivity index (χ1n) is 6.89. The largest absolute Gasteiger partial charge is 0.303 e. The van der Waals surface area contributed by atoms with Gasteiger partial charge in [0.25, 0.3) is 0 Å². The Balaban J connectivity index is 1.53. The Bertz CT molecular complexity index is 184. The molecule has 0 saturated carbocycles. The van der Waals surface area contributed by atoms with Gasteiger partial charge in [-0.3, -0.25) is 0 Å². The van der Waals surface area contributed by atoms with Crippen molar-refractivity contribution < 1.29 is 0 Å². The summed E-state index contributed by atoms with van der Waals surface area (Å²) in [6.07, 6.45) is 6.81. The third kappa shape index (κ3) is 3.90. The third-order valence-corrected chi connectivity index (χ3v) is 4.51. The van der Waals surface area contributed by atoms with Crippen LogP contribution < -0.4 is 0 Å². The molecule has 2 aliphatic heterocycles. The topological polar surface area (TPSA) is 6.48 Å². The maximum atomic E-state index is 5.89. The summed E-state index contributed by atoms with van der Waals surface area (Å²) in [5.41, 5.74) is 0. The molecule has 0 spiro atoms. The molecule has 16 heavy (non-hydrogen) atoms. The molecule has 2 nitrogen and oxygen atoms in total. The standard InChI is InChI=1S/C13H25ClN2/c14-12-13-4-10-16(11-5-13)9-3-8-15-6-1-2-7-15/h13H,1-12H2. The van der Waals surface area contributed by atoms with E-state index in [-0.39, 0.29) is 0 Å². The van der Waals surface area contributed by atoms with Crippen LogP contribution in [-0.4, -0.2) is 54.9 Å². The van der Waals surface area contributed by atoms with Crippen LogP contribution in [0, 0.1) is 5.92 Å². The van der Waals surface area contributed by atoms with Crippen LogP contribution in [0.25, 0.3) is 0 Å². The molecule has 0 aliphatic carbocycles. The predicted molar refractivity (Wildman–Crippen MR) is 70.2 cm³/mol. The number of hydrogen-bond donors (Lipinski definition) is 0. The molecule has 0 atom stereocenters. The van der Waals surface area contributed by atoms with Crippen LogP contribution in [0.5, 0.6) is 0 Å². The fraction of sp³-hybridized carbons (Fsp3) is 1.00. The molecule has 3 heteroatoms. The zero-order valence-electron chi connectivity index (χ0n) is 10.3. The van der Waals surface area contributed by atoms with Crippen molar-refractivity contribution in [1.82, 2.24) is 9.80 Å². The first-order chi connectivity index (χ1) is 7.88. The fourth-order valence-corrected chi connectivity index (χ4v) is 3.20. The Morgan fingerprint density at radius 1 is 0.875 bits per heavy atom. The van der Waals surface area contributed by atoms with Gasteiger partial charge in [-0.25, -0.2) is 0 Å². The normalized spacial score (nSPS) is 25.3. The van der Waals surface area contributed by atoms with Crippen LogP contribution in [0.3, 0.4) is 0 Å². The molecule has 2 aliphatic rings. The van der Waals surface area contributed by atoms with Gasteiger partial charge >= 0.3 is 0 Å². The highest BCUT2D eigenvalue weighted by atomic mass is 35.5. The number of alkyl halides is 1. The van der Waals surface area contributed by atoms with Gasteiger partial charge in [-0.05, 0) is 77.3 Å². The van der Waals surface area contributed by atoms with Crippen molar-refractivity contribution in [2.75, 3.05) is 45.1 Å². The second kappa shape index (κ2) is 6.83. The first-order valence-corrected chi connectivity index (χ1v) is 7.42. The minimum absolute atomic E-state index is 0.788. The Labute approximate surface area is 105 Å². The smallest absolute Gasteiger partial charge is 0.0252 e. The summed E-state index contributed by atoms with van der Waals surface area (Å²) in [5, 5.41) is 0. The van der Waals surface area contributed by atoms with Gasteiger partial charge in [-0.1, -0.05) is 0 Å². The van der Waals surface area contributed by atoms with E-state index in [0.29, 0.717) is 0 Å². The van der Waals surface area contributed by atoms with Crippen LogP contribution in [0.15, 0.2) is 0 Å². The quantitative estimate of drug-likeness (QED) is 0.686. The van der Waals surface area contributed by atoms with Crippen molar-refractivity contribution in [2.45, 2.75) is 32.1 Å². The number of halogens is 1. The summed E-state index contributed by atoms with van der Waals surface area (Å²) in [6.45, 7) is 7.85. The minimum atomic E-state index is 0.788. The van der Waals surface area contributed by atoms with Gasteiger partial charge in [-0.15, -0.1) is 11.6 Å². The lowest BCUT2D eigenvalue weighted by Gasteiger charge is -2.31. The van der Waals surface area contributed by atoms with Crippen molar-refractivity contribution in [2.24, 2.45) is 5.92 Å². The van der Waals surface area contributed by atoms with E-state index in [1.807, 2.05) is 0 Å². The van der Waals surface area contributed by atoms with Gasteiger partial charge in [0.2, 0.25) is 0 Å². The Kier molecular flexibility index (Phi) is 5.40. The summed E-state index contributed by atoms with van der Waals surface area (Å²) in [5.74, 6) is 1.65. The van der Waals surface area contributed by atoms with E-state index in [0.717, 1.165) is 11.8 Å². The monoisotopic (exact) mass is 244 g/mol. The fourth-order valence-electron chi connectivity index (χ4n) is 2.89. The summed E-state index contributed by atoms with van der Waals surface area (Å²) in [7, 11) is 0. The Morgan fingerprint density at radius 2 is 1.44 bits per heavy atom. The molecule has 0 aromatic rings. The van der Waals surface area contributed by atoms with Gasteiger partial charge in [0.05, 0.1) is 0 Å². The maximum Gasteiger partial charge on any atom is 0.0252 e. The van der Waals surface area contributed by atoms with Crippen molar-refractivity contribution in [3.8, 4) is 0 Å². The third-order valence-electron chi connectivity index (χ3n) is 4.07. The molecular weight excluding hydrogens is 220 g/mol. The Morgan fingerprint density at radius 3 is 2.00 bits per heavy atom. The van der Waals surface area contributed by atoms with E-state index in [1.165, 1.54) is 71.4 Å². The molecule has 2 saturated heterocycles. The highest BCUT2D eigenvalue weighted by Gasteiger charge is 2.18. The zero-order chi connectivity index (χ0) is 11.2. The van der Waals surface area contributed by atoms with Crippen LogP contribution in [0.2, 0.25) is 0 Å². The summed E-state index contributed by atoms with van der Waals surface area (Å²) < 4.78 is 0. The number of piperidine rings is 1. The van der Waals surface area contributed by atoms with Crippen molar-refractivity contribution in [3.63, 3.8) is 0 Å². The molecule has 0 amide bonds. The van der Waals surface area contributed by atoms with E-state index in [1.54, 1.807) is 0 Å². The van der Waals surface area contributed by atoms with Crippen molar-refractivity contribution in [3.05, 3.63) is 0 Å². The van der Waals surface area contributed by atoms with E-state index < -0.39 is 0 Å². The van der Waals surface area contributed by atoms with E-state index in [9.17, 15) is 0 Å². The molecule has 2 heterocycles. The SMILES string of the molecule is ClCC1CCN(CCCN2CCCC2)CC1. The molecule has 2 fully saturated rings. The maximum absolute atomic E-state index is 5.89. The van der Waals surface area contributed by atoms with Gasteiger partial charge in [0.15, 0.2) is 0 Å². The average Bonchev–Trinajstić information content (AvgIpc) is 2.83. The highest BCUT2D eigenvalue weighted by molar-refractivity contribution is 6.18. The average molecular weight is 245 g/mol. The molecular formula is C13H25ClN2. The van der Waals surface area contributed by atoms with Crippen LogP contribution in [0.4, 0.5) is 0 Å². The van der Waals surface area contributed by atoms with Crippen molar-refractivity contribution >= 4 is 11.6 Å². The molecule has 0 N–H and O–H groups in total. The molecule has 0 bridgehead atoms. The van der Waals surface area contributed by atoms with Crippen LogP contribution in [-0.2, 0) is 0 Å². The lowest BCUT2D eigenvalue weighted by molar-refractivity contribution is 0.183. The number of likely N-dealkylation sites (tertiary alicyclic amines) is 2. The predicted octanol–water partition coefficient (Wildman–Crippen LogP) is 2.42. The Hall–Kier alpha value is 0.210. The van der Waals surface area contributed by atoms with Crippen LogP contribution >= 0.6 is 11.6 Å². The number of nitrogens with zero attached hydrogens (tertiary/aromatic N) is 2. The molecule has 0 unspecified atom stereocenters. The lowest BCUT2D eigenvalue weighted by Crippen LogP contribution is -2.36. The molecule has 0 aromatic heterocycles. The van der Waals surface area contributed by atoms with Gasteiger partial charge in [-0.2, -0.15) is 0 Å². The van der Waals surface area contributed by atoms with E-state index >= 15 is 0 Å². The van der Waals surface area contributed by atoms with Gasteiger partial charge in [0.1, 0.15) is 0 Å². The van der Waals surface area contributed by atoms with Gasteiger partial charge in [0, 0.05) is 5.88 Å². The first kappa shape index (κ1) is 12.7. The molecule has 2 rings (SSSR count). The highest BCUT2D eigenvalue weighted by Crippen LogP contribution is 2.18. The summed E-state index contributed by atoms with van der Waals surface area (Å²) >= 11 is 5.89. The second-order valence-electron chi connectivity index (χ2n) is 5.34. The second-order valence-corrected chi connectivity index (χ2v) is 5.65. The summed E-state index contributed by atoms with van der Waals surface area (Å²) in [6, 6.07) is 0. The molecule has 0 aromatic carbocycles. The molecule has 94 valence electrons. The minimum Gasteiger partial charge on any atom is -0.303 e. The van der Waals surface area contributed by atoms with E-state index in [2.05, 4.69) is 9.80 Å². The van der Waals surface area contributed by atoms with Gasteiger partial charge < -0.3 is 9.80 Å². The number of hydrogen-bond acceptors (Lipinski definition) is 2. The van der Waals surface area contributed by atoms with Crippen LogP contribution in [0.1, 0.15) is 32.1 Å².